The quantitative estimate of drug-likeness (QED) is 0.668. The highest BCUT2D eigenvalue weighted by atomic mass is 35.5. The summed E-state index contributed by atoms with van der Waals surface area (Å²) in [5, 5.41) is 0. The molecular formula is C7H10ClNO. The smallest absolute Gasteiger partial charge is 0.0636 e. The highest BCUT2D eigenvalue weighted by Gasteiger charge is 1.82. The minimum absolute atomic E-state index is 0. The summed E-state index contributed by atoms with van der Waals surface area (Å²) in [6.07, 6.45) is 0. The van der Waals surface area contributed by atoms with Gasteiger partial charge in [0.2, 0.25) is 0 Å². The molecule has 0 atom stereocenters. The van der Waals surface area contributed by atoms with E-state index in [0.717, 1.165) is 5.69 Å². The van der Waals surface area contributed by atoms with Gasteiger partial charge in [-0.05, 0) is 12.1 Å². The Morgan fingerprint density at radius 1 is 1.20 bits per heavy atom. The van der Waals surface area contributed by atoms with Crippen molar-refractivity contribution in [2.45, 2.75) is 0 Å². The van der Waals surface area contributed by atoms with Crippen LogP contribution in [0.2, 0.25) is 0 Å². The van der Waals surface area contributed by atoms with Gasteiger partial charge in [-0.25, -0.2) is 0 Å². The maximum Gasteiger partial charge on any atom is 0.0636 e. The van der Waals surface area contributed by atoms with Crippen molar-refractivity contribution < 1.29 is 4.84 Å². The van der Waals surface area contributed by atoms with E-state index in [1.807, 2.05) is 30.3 Å². The predicted molar refractivity (Wildman–Crippen MR) is 44.3 cm³/mol. The van der Waals surface area contributed by atoms with Crippen LogP contribution in [0, 0.1) is 0 Å². The van der Waals surface area contributed by atoms with Crippen LogP contribution in [-0.2, 0) is 4.84 Å². The molecule has 0 unspecified atom stereocenters. The molecule has 0 aliphatic heterocycles. The lowest BCUT2D eigenvalue weighted by atomic mass is 10.3. The molecule has 0 saturated carbocycles. The lowest BCUT2D eigenvalue weighted by Gasteiger charge is -1.99. The van der Waals surface area contributed by atoms with Crippen LogP contribution in [0.1, 0.15) is 0 Å². The molecule has 0 aromatic heterocycles. The Bertz CT molecular complexity index is 167. The van der Waals surface area contributed by atoms with Crippen molar-refractivity contribution in [2.75, 3.05) is 12.6 Å². The van der Waals surface area contributed by atoms with Crippen LogP contribution in [-0.4, -0.2) is 7.11 Å². The Morgan fingerprint density at radius 2 is 1.80 bits per heavy atom. The molecule has 0 spiro atoms. The van der Waals surface area contributed by atoms with Crippen molar-refractivity contribution in [1.82, 2.24) is 0 Å². The third-order valence-electron chi connectivity index (χ3n) is 0.994. The van der Waals surface area contributed by atoms with Crippen LogP contribution >= 0.6 is 12.4 Å². The van der Waals surface area contributed by atoms with E-state index in [-0.39, 0.29) is 12.4 Å². The fourth-order valence-corrected chi connectivity index (χ4v) is 0.624. The topological polar surface area (TPSA) is 21.3 Å². The number of para-hydroxylation sites is 1. The van der Waals surface area contributed by atoms with Crippen LogP contribution in [0.5, 0.6) is 0 Å². The first-order valence-electron chi connectivity index (χ1n) is 2.77. The second-order valence-electron chi connectivity index (χ2n) is 1.67. The molecule has 0 aliphatic carbocycles. The molecule has 10 heavy (non-hydrogen) atoms. The van der Waals surface area contributed by atoms with Gasteiger partial charge in [-0.1, -0.05) is 18.2 Å². The van der Waals surface area contributed by atoms with Crippen molar-refractivity contribution in [3.63, 3.8) is 0 Å². The van der Waals surface area contributed by atoms with Gasteiger partial charge in [0.1, 0.15) is 0 Å². The minimum Gasteiger partial charge on any atom is -0.279 e. The number of nitrogens with one attached hydrogen (secondary N) is 1. The van der Waals surface area contributed by atoms with Gasteiger partial charge in [0.25, 0.3) is 0 Å². The van der Waals surface area contributed by atoms with Gasteiger partial charge in [-0.2, -0.15) is 0 Å². The number of rotatable bonds is 2. The van der Waals surface area contributed by atoms with Gasteiger partial charge in [-0.15, -0.1) is 12.4 Å². The number of anilines is 1. The van der Waals surface area contributed by atoms with Crippen LogP contribution in [0.3, 0.4) is 0 Å². The average Bonchev–Trinajstić information content (AvgIpc) is 1.91. The Labute approximate surface area is 66.6 Å². The summed E-state index contributed by atoms with van der Waals surface area (Å²) in [5.41, 5.74) is 3.68. The molecule has 1 rings (SSSR count). The summed E-state index contributed by atoms with van der Waals surface area (Å²) in [4.78, 5) is 4.68. The molecule has 0 saturated heterocycles. The zero-order valence-electron chi connectivity index (χ0n) is 5.70. The second-order valence-corrected chi connectivity index (χ2v) is 1.67. The van der Waals surface area contributed by atoms with Crippen molar-refractivity contribution in [2.24, 2.45) is 0 Å². The third kappa shape index (κ3) is 2.71. The van der Waals surface area contributed by atoms with E-state index in [0.29, 0.717) is 0 Å². The Kier molecular flexibility index (Phi) is 4.72. The van der Waals surface area contributed by atoms with E-state index in [9.17, 15) is 0 Å². The number of hydrogen-bond acceptors (Lipinski definition) is 2. The predicted octanol–water partition coefficient (Wildman–Crippen LogP) is 2.08. The summed E-state index contributed by atoms with van der Waals surface area (Å²) >= 11 is 0. The summed E-state index contributed by atoms with van der Waals surface area (Å²) in [7, 11) is 1.59. The second kappa shape index (κ2) is 5.09. The molecule has 0 aliphatic rings. The van der Waals surface area contributed by atoms with E-state index in [4.69, 9.17) is 0 Å². The number of benzene rings is 1. The fourth-order valence-electron chi connectivity index (χ4n) is 0.624. The lowest BCUT2D eigenvalue weighted by Crippen LogP contribution is -1.93. The standard InChI is InChI=1S/C7H9NO.ClH/c1-9-8-7-5-3-2-4-6-7;/h2-6,8H,1H3;1H. The molecule has 0 bridgehead atoms. The fraction of sp³-hybridized carbons (Fsp3) is 0.143. The molecular weight excluding hydrogens is 150 g/mol. The number of hydrogen-bond donors (Lipinski definition) is 1. The summed E-state index contributed by atoms with van der Waals surface area (Å²) in [6, 6.07) is 9.72. The molecule has 1 aromatic carbocycles. The average molecular weight is 160 g/mol. The third-order valence-corrected chi connectivity index (χ3v) is 0.994. The van der Waals surface area contributed by atoms with E-state index in [1.54, 1.807) is 7.11 Å². The Morgan fingerprint density at radius 3 is 2.30 bits per heavy atom. The highest BCUT2D eigenvalue weighted by molar-refractivity contribution is 5.85. The molecule has 56 valence electrons. The molecule has 3 heteroatoms. The van der Waals surface area contributed by atoms with Crippen molar-refractivity contribution in [3.05, 3.63) is 30.3 Å². The Balaban J connectivity index is 0.000000810. The zero-order chi connectivity index (χ0) is 6.53. The maximum absolute atomic E-state index is 4.68. The molecule has 2 nitrogen and oxygen atoms in total. The molecule has 0 amide bonds. The first-order valence-corrected chi connectivity index (χ1v) is 2.77. The maximum atomic E-state index is 4.68. The van der Waals surface area contributed by atoms with Gasteiger partial charge in [0.05, 0.1) is 12.8 Å². The van der Waals surface area contributed by atoms with Crippen molar-refractivity contribution in [3.8, 4) is 0 Å². The summed E-state index contributed by atoms with van der Waals surface area (Å²) < 4.78 is 0. The van der Waals surface area contributed by atoms with Gasteiger partial charge < -0.3 is 0 Å². The van der Waals surface area contributed by atoms with Crippen LogP contribution in [0.4, 0.5) is 5.69 Å². The van der Waals surface area contributed by atoms with Crippen molar-refractivity contribution >= 4 is 18.1 Å². The molecule has 0 fully saturated rings. The summed E-state index contributed by atoms with van der Waals surface area (Å²) in [5.74, 6) is 0. The Hall–Kier alpha value is -0.730. The van der Waals surface area contributed by atoms with Gasteiger partial charge in [-0.3, -0.25) is 10.3 Å². The monoisotopic (exact) mass is 159 g/mol. The van der Waals surface area contributed by atoms with E-state index in [1.165, 1.54) is 0 Å². The zero-order valence-corrected chi connectivity index (χ0v) is 6.52. The first kappa shape index (κ1) is 9.27. The molecule has 0 radical (unpaired) electrons. The lowest BCUT2D eigenvalue weighted by molar-refractivity contribution is 0.271. The SMILES string of the molecule is CONc1ccccc1.Cl. The van der Waals surface area contributed by atoms with Gasteiger partial charge in [0, 0.05) is 0 Å². The van der Waals surface area contributed by atoms with Crippen LogP contribution in [0.15, 0.2) is 30.3 Å². The van der Waals surface area contributed by atoms with Crippen molar-refractivity contribution in [1.29, 1.82) is 0 Å². The molecule has 0 heterocycles. The van der Waals surface area contributed by atoms with Crippen LogP contribution < -0.4 is 5.48 Å². The van der Waals surface area contributed by atoms with Gasteiger partial charge >= 0.3 is 0 Å². The van der Waals surface area contributed by atoms with Gasteiger partial charge in [0.15, 0.2) is 0 Å². The largest absolute Gasteiger partial charge is 0.279 e. The first-order chi connectivity index (χ1) is 4.43. The van der Waals surface area contributed by atoms with E-state index < -0.39 is 0 Å². The normalized spacial score (nSPS) is 8.10. The molecule has 1 N–H and O–H groups in total. The molecule has 1 aromatic rings. The number of halogens is 1. The minimum atomic E-state index is 0. The highest BCUT2D eigenvalue weighted by Crippen LogP contribution is 2.03. The van der Waals surface area contributed by atoms with E-state index in [2.05, 4.69) is 10.3 Å². The van der Waals surface area contributed by atoms with Crippen LogP contribution in [0.25, 0.3) is 0 Å². The summed E-state index contributed by atoms with van der Waals surface area (Å²) in [6.45, 7) is 0. The van der Waals surface area contributed by atoms with E-state index >= 15 is 0 Å².